The summed E-state index contributed by atoms with van der Waals surface area (Å²) in [6.45, 7) is 1.38. The molecule has 1 aliphatic carbocycles. The van der Waals surface area contributed by atoms with Crippen LogP contribution in [0.5, 0.6) is 0 Å². The average Bonchev–Trinajstić information content (AvgIpc) is 2.97. The summed E-state index contributed by atoms with van der Waals surface area (Å²) in [7, 11) is 0. The van der Waals surface area contributed by atoms with Crippen LogP contribution < -0.4 is 5.32 Å². The monoisotopic (exact) mass is 419 g/mol. The predicted octanol–water partition coefficient (Wildman–Crippen LogP) is 2.09. The van der Waals surface area contributed by atoms with Gasteiger partial charge in [-0.25, -0.2) is 8.78 Å². The van der Waals surface area contributed by atoms with E-state index in [2.05, 4.69) is 5.32 Å². The number of carbonyl (C=O) groups is 4. The van der Waals surface area contributed by atoms with Crippen molar-refractivity contribution in [3.8, 4) is 0 Å². The third-order valence-electron chi connectivity index (χ3n) is 5.44. The van der Waals surface area contributed by atoms with Gasteiger partial charge in [0.2, 0.25) is 23.6 Å². The van der Waals surface area contributed by atoms with E-state index in [1.807, 2.05) is 12.2 Å². The van der Waals surface area contributed by atoms with Crippen LogP contribution in [0.2, 0.25) is 0 Å². The second-order valence-corrected chi connectivity index (χ2v) is 7.29. The molecule has 30 heavy (non-hydrogen) atoms. The van der Waals surface area contributed by atoms with E-state index >= 15 is 0 Å². The number of benzene rings is 1. The molecule has 7 nitrogen and oxygen atoms in total. The van der Waals surface area contributed by atoms with Gasteiger partial charge >= 0.3 is 0 Å². The predicted molar refractivity (Wildman–Crippen MR) is 104 cm³/mol. The number of nitrogens with one attached hydrogen (secondary N) is 1. The normalized spacial score (nSPS) is 20.3. The highest BCUT2D eigenvalue weighted by Crippen LogP contribution is 2.35. The van der Waals surface area contributed by atoms with Gasteiger partial charge in [-0.2, -0.15) is 0 Å². The fraction of sp³-hybridized carbons (Fsp3) is 0.429. The minimum Gasteiger partial charge on any atom is -0.334 e. The van der Waals surface area contributed by atoms with Crippen LogP contribution >= 0.6 is 0 Å². The molecule has 0 bridgehead atoms. The lowest BCUT2D eigenvalue weighted by Crippen LogP contribution is -2.40. The largest absolute Gasteiger partial charge is 0.334 e. The molecule has 0 unspecified atom stereocenters. The third kappa shape index (κ3) is 4.39. The Bertz CT molecular complexity index is 856. The van der Waals surface area contributed by atoms with E-state index in [9.17, 15) is 28.0 Å². The average molecular weight is 419 g/mol. The van der Waals surface area contributed by atoms with Crippen molar-refractivity contribution in [1.29, 1.82) is 0 Å². The number of likely N-dealkylation sites (tertiary alicyclic amines) is 1. The molecule has 4 amide bonds. The highest BCUT2D eigenvalue weighted by Gasteiger charge is 2.47. The minimum atomic E-state index is -0.917. The van der Waals surface area contributed by atoms with E-state index in [1.165, 1.54) is 11.0 Å². The second kappa shape index (κ2) is 9.15. The number of fused-ring (bicyclic) bond motifs is 1. The van der Waals surface area contributed by atoms with Crippen LogP contribution in [0.15, 0.2) is 30.4 Å². The summed E-state index contributed by atoms with van der Waals surface area (Å²) in [5.74, 6) is -4.27. The molecule has 1 saturated heterocycles. The number of allylic oxidation sites excluding steroid dienone is 2. The molecule has 1 aliphatic heterocycles. The van der Waals surface area contributed by atoms with Crippen molar-refractivity contribution < 1.29 is 28.0 Å². The Labute approximate surface area is 172 Å². The number of para-hydroxylation sites is 1. The maximum atomic E-state index is 13.7. The molecule has 2 aliphatic rings. The van der Waals surface area contributed by atoms with E-state index in [4.69, 9.17) is 0 Å². The smallest absolute Gasteiger partial charge is 0.244 e. The van der Waals surface area contributed by atoms with Crippen molar-refractivity contribution in [2.45, 2.75) is 26.2 Å². The van der Waals surface area contributed by atoms with Gasteiger partial charge in [0.15, 0.2) is 0 Å². The first-order valence-corrected chi connectivity index (χ1v) is 9.85. The van der Waals surface area contributed by atoms with E-state index < -0.39 is 35.7 Å². The van der Waals surface area contributed by atoms with Gasteiger partial charge in [-0.05, 0) is 31.9 Å². The molecular formula is C21H23F2N3O4. The van der Waals surface area contributed by atoms with Crippen molar-refractivity contribution in [2.75, 3.05) is 25.0 Å². The van der Waals surface area contributed by atoms with Crippen LogP contribution in [-0.2, 0) is 19.2 Å². The fourth-order valence-corrected chi connectivity index (χ4v) is 3.80. The van der Waals surface area contributed by atoms with Crippen molar-refractivity contribution in [3.05, 3.63) is 42.0 Å². The van der Waals surface area contributed by atoms with E-state index in [1.54, 1.807) is 6.92 Å². The van der Waals surface area contributed by atoms with Gasteiger partial charge in [0.25, 0.3) is 0 Å². The summed E-state index contributed by atoms with van der Waals surface area (Å²) in [5, 5.41) is 2.13. The van der Waals surface area contributed by atoms with Crippen LogP contribution in [0.3, 0.4) is 0 Å². The van der Waals surface area contributed by atoms with Crippen LogP contribution in [-0.4, -0.2) is 53.1 Å². The molecule has 0 radical (unpaired) electrons. The quantitative estimate of drug-likeness (QED) is 0.542. The molecule has 1 N–H and O–H groups in total. The van der Waals surface area contributed by atoms with E-state index in [0.717, 1.165) is 17.0 Å². The number of hydrogen-bond donors (Lipinski definition) is 1. The Balaban J connectivity index is 1.55. The number of rotatable bonds is 7. The third-order valence-corrected chi connectivity index (χ3v) is 5.44. The summed E-state index contributed by atoms with van der Waals surface area (Å²) >= 11 is 0. The zero-order valence-corrected chi connectivity index (χ0v) is 16.6. The molecule has 2 atom stereocenters. The Morgan fingerprint density at radius 1 is 1.10 bits per heavy atom. The van der Waals surface area contributed by atoms with Gasteiger partial charge in [-0.15, -0.1) is 0 Å². The Morgan fingerprint density at radius 3 is 2.20 bits per heavy atom. The van der Waals surface area contributed by atoms with E-state index in [-0.39, 0.29) is 43.2 Å². The van der Waals surface area contributed by atoms with Gasteiger partial charge in [0, 0.05) is 19.5 Å². The first-order valence-electron chi connectivity index (χ1n) is 9.85. The van der Waals surface area contributed by atoms with Crippen molar-refractivity contribution in [1.82, 2.24) is 9.80 Å². The molecule has 160 valence electrons. The molecule has 3 rings (SSSR count). The number of nitrogens with zero attached hydrogens (tertiary/aromatic N) is 2. The number of carbonyl (C=O) groups excluding carboxylic acids is 4. The SMILES string of the molecule is CCN(CC(=O)Nc1c(F)cccc1F)C(=O)CCN1C(=O)[C@H]2CC=CC[C@H]2C1=O. The van der Waals surface area contributed by atoms with Crippen molar-refractivity contribution >= 4 is 29.3 Å². The molecule has 1 heterocycles. The number of hydrogen-bond acceptors (Lipinski definition) is 4. The maximum Gasteiger partial charge on any atom is 0.244 e. The molecule has 0 aromatic heterocycles. The zero-order valence-electron chi connectivity index (χ0n) is 16.6. The molecular weight excluding hydrogens is 396 g/mol. The Morgan fingerprint density at radius 2 is 1.67 bits per heavy atom. The number of halogens is 2. The lowest BCUT2D eigenvalue weighted by molar-refractivity contribution is -0.141. The summed E-state index contributed by atoms with van der Waals surface area (Å²) in [5.41, 5.74) is -0.574. The molecule has 1 aromatic rings. The molecule has 9 heteroatoms. The highest BCUT2D eigenvalue weighted by molar-refractivity contribution is 6.05. The lowest BCUT2D eigenvalue weighted by atomic mass is 9.85. The highest BCUT2D eigenvalue weighted by atomic mass is 19.1. The van der Waals surface area contributed by atoms with Crippen molar-refractivity contribution in [2.24, 2.45) is 11.8 Å². The van der Waals surface area contributed by atoms with Gasteiger partial charge in [-0.1, -0.05) is 18.2 Å². The molecule has 0 saturated carbocycles. The molecule has 1 fully saturated rings. The minimum absolute atomic E-state index is 0.0520. The van der Waals surface area contributed by atoms with Gasteiger partial charge in [0.1, 0.15) is 17.3 Å². The van der Waals surface area contributed by atoms with Crippen LogP contribution in [0.25, 0.3) is 0 Å². The van der Waals surface area contributed by atoms with Gasteiger partial charge in [0.05, 0.1) is 18.4 Å². The zero-order chi connectivity index (χ0) is 21.8. The van der Waals surface area contributed by atoms with Crippen molar-refractivity contribution in [3.63, 3.8) is 0 Å². The molecule has 0 spiro atoms. The van der Waals surface area contributed by atoms with Crippen LogP contribution in [0, 0.1) is 23.5 Å². The second-order valence-electron chi connectivity index (χ2n) is 7.29. The number of anilines is 1. The number of likely N-dealkylation sites (N-methyl/N-ethyl adjacent to an activating group) is 1. The van der Waals surface area contributed by atoms with E-state index in [0.29, 0.717) is 12.8 Å². The van der Waals surface area contributed by atoms with Gasteiger partial charge < -0.3 is 10.2 Å². The summed E-state index contributed by atoms with van der Waals surface area (Å²) in [4.78, 5) is 51.9. The maximum absolute atomic E-state index is 13.7. The standard InChI is InChI=1S/C21H23F2N3O4/c1-2-25(12-17(27)24-19-15(22)8-5-9-16(19)23)18(28)10-11-26-20(29)13-6-3-4-7-14(13)21(26)30/h3-5,8-9,13-14H,2,6-7,10-12H2,1H3,(H,24,27)/t13-,14+. The first-order chi connectivity index (χ1) is 14.3. The fourth-order valence-electron chi connectivity index (χ4n) is 3.80. The summed E-state index contributed by atoms with van der Waals surface area (Å²) < 4.78 is 27.3. The van der Waals surface area contributed by atoms with Gasteiger partial charge in [-0.3, -0.25) is 24.1 Å². The first kappa shape index (κ1) is 21.6. The Hall–Kier alpha value is -3.10. The summed E-state index contributed by atoms with van der Waals surface area (Å²) in [6.07, 6.45) is 4.69. The summed E-state index contributed by atoms with van der Waals surface area (Å²) in [6, 6.07) is 3.20. The molecule has 1 aromatic carbocycles. The van der Waals surface area contributed by atoms with Crippen LogP contribution in [0.1, 0.15) is 26.2 Å². The Kier molecular flexibility index (Phi) is 6.59. The number of amides is 4. The lowest BCUT2D eigenvalue weighted by Gasteiger charge is -2.22. The van der Waals surface area contributed by atoms with Crippen LogP contribution in [0.4, 0.5) is 14.5 Å². The number of imide groups is 1. The topological polar surface area (TPSA) is 86.8 Å².